The molecule has 4 aromatic rings. The van der Waals surface area contributed by atoms with Crippen molar-refractivity contribution in [3.63, 3.8) is 0 Å². The standard InChI is InChI=1S/C23H15BrClFN4O3/c24-14-7-8-19-13(9-14)10-20(21(31)27-17-5-1-3-15(25)11-17)30(19)29-23(33)22(32)28-18-6-2-4-16(26)12-18/h1-12H,(H,27,31)(H,28,32)(H,29,33). The van der Waals surface area contributed by atoms with Crippen molar-refractivity contribution in [2.24, 2.45) is 0 Å². The first-order valence-corrected chi connectivity index (χ1v) is 10.7. The quantitative estimate of drug-likeness (QED) is 0.319. The highest BCUT2D eigenvalue weighted by Gasteiger charge is 2.21. The maximum atomic E-state index is 13.4. The highest BCUT2D eigenvalue weighted by atomic mass is 79.9. The number of hydrogen-bond acceptors (Lipinski definition) is 3. The number of anilines is 2. The number of nitrogens with zero attached hydrogens (tertiary/aromatic N) is 1. The fourth-order valence-electron chi connectivity index (χ4n) is 3.14. The van der Waals surface area contributed by atoms with E-state index < -0.39 is 23.5 Å². The lowest BCUT2D eigenvalue weighted by Gasteiger charge is -2.13. The lowest BCUT2D eigenvalue weighted by molar-refractivity contribution is -0.133. The van der Waals surface area contributed by atoms with Gasteiger partial charge in [-0.3, -0.25) is 19.8 Å². The zero-order chi connectivity index (χ0) is 23.5. The minimum absolute atomic E-state index is 0.0787. The molecule has 0 saturated heterocycles. The van der Waals surface area contributed by atoms with Crippen molar-refractivity contribution >= 4 is 67.5 Å². The van der Waals surface area contributed by atoms with Gasteiger partial charge in [0, 0.05) is 26.3 Å². The van der Waals surface area contributed by atoms with Gasteiger partial charge >= 0.3 is 11.8 Å². The second-order valence-corrected chi connectivity index (χ2v) is 8.29. The van der Waals surface area contributed by atoms with Crippen LogP contribution in [0.3, 0.4) is 0 Å². The largest absolute Gasteiger partial charge is 0.328 e. The first kappa shape index (κ1) is 22.5. The molecule has 7 nitrogen and oxygen atoms in total. The van der Waals surface area contributed by atoms with Crippen LogP contribution in [0.2, 0.25) is 5.02 Å². The number of hydrogen-bond donors (Lipinski definition) is 3. The van der Waals surface area contributed by atoms with Crippen molar-refractivity contribution in [2.75, 3.05) is 16.1 Å². The van der Waals surface area contributed by atoms with Crippen molar-refractivity contribution in [1.82, 2.24) is 4.68 Å². The Labute approximate surface area is 200 Å². The molecule has 33 heavy (non-hydrogen) atoms. The van der Waals surface area contributed by atoms with Crippen molar-refractivity contribution in [2.45, 2.75) is 0 Å². The molecule has 0 unspecified atom stereocenters. The van der Waals surface area contributed by atoms with E-state index in [0.29, 0.717) is 21.6 Å². The van der Waals surface area contributed by atoms with Crippen LogP contribution in [0.5, 0.6) is 0 Å². The molecule has 1 heterocycles. The zero-order valence-corrected chi connectivity index (χ0v) is 19.1. The average Bonchev–Trinajstić information content (AvgIpc) is 3.11. The molecule has 3 aromatic carbocycles. The lowest BCUT2D eigenvalue weighted by Crippen LogP contribution is -2.36. The maximum Gasteiger partial charge on any atom is 0.328 e. The Bertz CT molecular complexity index is 1410. The average molecular weight is 530 g/mol. The Morgan fingerprint density at radius 3 is 2.30 bits per heavy atom. The first-order valence-electron chi connectivity index (χ1n) is 9.56. The smallest absolute Gasteiger partial charge is 0.321 e. The topological polar surface area (TPSA) is 92.2 Å². The summed E-state index contributed by atoms with van der Waals surface area (Å²) < 4.78 is 15.3. The fourth-order valence-corrected chi connectivity index (χ4v) is 3.71. The van der Waals surface area contributed by atoms with Crippen LogP contribution in [0.1, 0.15) is 10.5 Å². The van der Waals surface area contributed by atoms with Crippen LogP contribution in [-0.4, -0.2) is 22.4 Å². The monoisotopic (exact) mass is 528 g/mol. The molecule has 0 aliphatic rings. The Kier molecular flexibility index (Phi) is 6.43. The molecule has 3 N–H and O–H groups in total. The number of halogens is 3. The lowest BCUT2D eigenvalue weighted by atomic mass is 10.2. The van der Waals surface area contributed by atoms with Gasteiger partial charge in [0.05, 0.1) is 5.52 Å². The van der Waals surface area contributed by atoms with E-state index in [1.165, 1.54) is 22.9 Å². The Balaban J connectivity index is 1.63. The molecular weight excluding hydrogens is 515 g/mol. The number of fused-ring (bicyclic) bond motifs is 1. The van der Waals surface area contributed by atoms with E-state index in [1.54, 1.807) is 48.5 Å². The van der Waals surface area contributed by atoms with Crippen LogP contribution < -0.4 is 16.1 Å². The zero-order valence-electron chi connectivity index (χ0n) is 16.7. The summed E-state index contributed by atoms with van der Waals surface area (Å²) in [6.45, 7) is 0. The highest BCUT2D eigenvalue weighted by Crippen LogP contribution is 2.24. The van der Waals surface area contributed by atoms with Crippen LogP contribution in [0.4, 0.5) is 15.8 Å². The first-order chi connectivity index (χ1) is 15.8. The summed E-state index contributed by atoms with van der Waals surface area (Å²) in [5, 5.41) is 6.12. The molecule has 0 spiro atoms. The van der Waals surface area contributed by atoms with E-state index in [9.17, 15) is 18.8 Å². The number of aromatic nitrogens is 1. The number of nitrogens with one attached hydrogen (secondary N) is 3. The SMILES string of the molecule is O=C(Nc1cccc(F)c1)C(=O)Nn1c(C(=O)Nc2cccc(Cl)c2)cc2cc(Br)ccc21. The second-order valence-electron chi connectivity index (χ2n) is 6.94. The van der Waals surface area contributed by atoms with Gasteiger partial charge in [0.2, 0.25) is 0 Å². The van der Waals surface area contributed by atoms with Gasteiger partial charge in [-0.2, -0.15) is 0 Å². The van der Waals surface area contributed by atoms with Gasteiger partial charge in [0.15, 0.2) is 0 Å². The minimum Gasteiger partial charge on any atom is -0.321 e. The molecule has 1 aromatic heterocycles. The van der Waals surface area contributed by atoms with E-state index in [-0.39, 0.29) is 11.4 Å². The number of benzene rings is 3. The summed E-state index contributed by atoms with van der Waals surface area (Å²) >= 11 is 9.36. The van der Waals surface area contributed by atoms with Gasteiger partial charge in [-0.15, -0.1) is 0 Å². The molecule has 0 bridgehead atoms. The molecule has 0 aliphatic carbocycles. The van der Waals surface area contributed by atoms with E-state index in [0.717, 1.165) is 10.5 Å². The van der Waals surface area contributed by atoms with Gasteiger partial charge in [0.1, 0.15) is 11.5 Å². The molecule has 0 atom stereocenters. The Morgan fingerprint density at radius 2 is 1.58 bits per heavy atom. The summed E-state index contributed by atoms with van der Waals surface area (Å²) in [6.07, 6.45) is 0. The van der Waals surface area contributed by atoms with Crippen LogP contribution in [0.15, 0.2) is 77.3 Å². The number of rotatable bonds is 4. The van der Waals surface area contributed by atoms with Crippen molar-refractivity contribution in [3.8, 4) is 0 Å². The summed E-state index contributed by atoms with van der Waals surface area (Å²) in [5.41, 5.74) is 3.58. The van der Waals surface area contributed by atoms with E-state index in [2.05, 4.69) is 32.0 Å². The van der Waals surface area contributed by atoms with E-state index >= 15 is 0 Å². The molecule has 0 radical (unpaired) electrons. The van der Waals surface area contributed by atoms with E-state index in [4.69, 9.17) is 11.6 Å². The third kappa shape index (κ3) is 5.21. The number of carbonyl (C=O) groups excluding carboxylic acids is 3. The Morgan fingerprint density at radius 1 is 0.848 bits per heavy atom. The minimum atomic E-state index is -1.04. The molecule has 0 fully saturated rings. The van der Waals surface area contributed by atoms with Gasteiger partial charge in [-0.1, -0.05) is 39.7 Å². The predicted molar refractivity (Wildman–Crippen MR) is 128 cm³/mol. The van der Waals surface area contributed by atoms with Crippen LogP contribution in [0.25, 0.3) is 10.9 Å². The van der Waals surface area contributed by atoms with Crippen LogP contribution in [0, 0.1) is 5.82 Å². The van der Waals surface area contributed by atoms with E-state index in [1.807, 2.05) is 0 Å². The summed E-state index contributed by atoms with van der Waals surface area (Å²) in [4.78, 5) is 38.0. The van der Waals surface area contributed by atoms with Crippen molar-refractivity contribution in [1.29, 1.82) is 0 Å². The molecule has 4 rings (SSSR count). The number of carbonyl (C=O) groups is 3. The van der Waals surface area contributed by atoms with Gasteiger partial charge in [-0.25, -0.2) is 9.07 Å². The third-order valence-corrected chi connectivity index (χ3v) is 5.31. The number of amides is 3. The summed E-state index contributed by atoms with van der Waals surface area (Å²) in [7, 11) is 0. The molecule has 0 saturated carbocycles. The van der Waals surface area contributed by atoms with Crippen molar-refractivity contribution in [3.05, 3.63) is 93.8 Å². The second kappa shape index (κ2) is 9.43. The normalized spacial score (nSPS) is 10.6. The molecule has 166 valence electrons. The third-order valence-electron chi connectivity index (χ3n) is 4.58. The van der Waals surface area contributed by atoms with Crippen molar-refractivity contribution < 1.29 is 18.8 Å². The molecular formula is C23H15BrClFN4O3. The Hall–Kier alpha value is -3.69. The highest BCUT2D eigenvalue weighted by molar-refractivity contribution is 9.10. The predicted octanol–water partition coefficient (Wildman–Crippen LogP) is 5.16. The molecule has 0 aliphatic heterocycles. The summed E-state index contributed by atoms with van der Waals surface area (Å²) in [5.74, 6) is -3.16. The van der Waals surface area contributed by atoms with Gasteiger partial charge in [0.25, 0.3) is 5.91 Å². The molecule has 10 heteroatoms. The molecule has 3 amide bonds. The van der Waals surface area contributed by atoms with Crippen LogP contribution in [-0.2, 0) is 9.59 Å². The van der Waals surface area contributed by atoms with Gasteiger partial charge in [-0.05, 0) is 60.7 Å². The summed E-state index contributed by atoms with van der Waals surface area (Å²) in [6, 6.07) is 18.5. The van der Waals surface area contributed by atoms with Crippen LogP contribution >= 0.6 is 27.5 Å². The maximum absolute atomic E-state index is 13.4. The fraction of sp³-hybridized carbons (Fsp3) is 0. The van der Waals surface area contributed by atoms with Gasteiger partial charge < -0.3 is 10.6 Å².